The molecule has 3 N–H and O–H groups in total. The molecule has 21 heavy (non-hydrogen) atoms. The summed E-state index contributed by atoms with van der Waals surface area (Å²) in [5.74, 6) is 0. The predicted molar refractivity (Wildman–Crippen MR) is 83.0 cm³/mol. The highest BCUT2D eigenvalue weighted by Gasteiger charge is 2.08. The minimum absolute atomic E-state index is 0.250. The molecule has 0 spiro atoms. The fourth-order valence-electron chi connectivity index (χ4n) is 2.47. The maximum atomic E-state index is 8.89. The van der Waals surface area contributed by atoms with E-state index in [0.717, 1.165) is 57.9 Å². The maximum Gasteiger partial charge on any atom is 0.171 e. The molecule has 0 saturated heterocycles. The molecule has 1 aromatic heterocycles. The zero-order valence-electron chi connectivity index (χ0n) is 13.0. The summed E-state index contributed by atoms with van der Waals surface area (Å²) in [6, 6.07) is 2.25. The van der Waals surface area contributed by atoms with E-state index in [0.29, 0.717) is 0 Å². The summed E-state index contributed by atoms with van der Waals surface area (Å²) in [5, 5.41) is 26.7. The minimum atomic E-state index is 0.250. The summed E-state index contributed by atoms with van der Waals surface area (Å²) >= 11 is 0. The number of rotatable bonds is 12. The zero-order valence-corrected chi connectivity index (χ0v) is 13.0. The van der Waals surface area contributed by atoms with Gasteiger partial charge in [0.2, 0.25) is 0 Å². The Bertz CT molecular complexity index is 313. The van der Waals surface area contributed by atoms with Crippen LogP contribution in [0.2, 0.25) is 0 Å². The van der Waals surface area contributed by atoms with Crippen LogP contribution < -0.4 is 4.57 Å². The Labute approximate surface area is 128 Å². The average molecular weight is 296 g/mol. The highest BCUT2D eigenvalue weighted by Crippen LogP contribution is 2.09. The van der Waals surface area contributed by atoms with Crippen molar-refractivity contribution in [3.05, 3.63) is 29.6 Å². The zero-order chi connectivity index (χ0) is 15.3. The van der Waals surface area contributed by atoms with Crippen LogP contribution in [0.5, 0.6) is 0 Å². The number of aryl methyl sites for hydroxylation is 3. The monoisotopic (exact) mass is 296 g/mol. The van der Waals surface area contributed by atoms with E-state index in [1.165, 1.54) is 11.1 Å². The molecule has 0 amide bonds. The Morgan fingerprint density at radius 3 is 1.62 bits per heavy atom. The molecule has 1 heterocycles. The summed E-state index contributed by atoms with van der Waals surface area (Å²) in [6.07, 6.45) is 11.9. The van der Waals surface area contributed by atoms with Crippen molar-refractivity contribution in [2.45, 2.75) is 57.9 Å². The molecule has 0 bridgehead atoms. The first-order valence-electron chi connectivity index (χ1n) is 8.14. The van der Waals surface area contributed by atoms with Crippen molar-refractivity contribution in [3.63, 3.8) is 0 Å². The molecule has 0 aliphatic rings. The van der Waals surface area contributed by atoms with Gasteiger partial charge in [-0.05, 0) is 51.0 Å². The lowest BCUT2D eigenvalue weighted by atomic mass is 10.0. The number of aliphatic hydroxyl groups is 3. The number of aliphatic hydroxyl groups excluding tert-OH is 3. The van der Waals surface area contributed by atoms with Crippen molar-refractivity contribution >= 4 is 0 Å². The van der Waals surface area contributed by atoms with Crippen LogP contribution in [-0.2, 0) is 19.4 Å². The number of hydrogen-bond donors (Lipinski definition) is 3. The SMILES string of the molecule is OCCCCc1cc(CCCCO)c[n+](CCCCO)c1. The highest BCUT2D eigenvalue weighted by molar-refractivity contribution is 5.15. The van der Waals surface area contributed by atoms with E-state index in [-0.39, 0.29) is 19.8 Å². The van der Waals surface area contributed by atoms with E-state index >= 15 is 0 Å². The van der Waals surface area contributed by atoms with Gasteiger partial charge in [-0.3, -0.25) is 0 Å². The van der Waals surface area contributed by atoms with E-state index in [1.54, 1.807) is 0 Å². The quantitative estimate of drug-likeness (QED) is 0.403. The van der Waals surface area contributed by atoms with Crippen molar-refractivity contribution in [2.24, 2.45) is 0 Å². The number of aromatic nitrogens is 1. The molecule has 4 heteroatoms. The third-order valence-corrected chi connectivity index (χ3v) is 3.61. The van der Waals surface area contributed by atoms with E-state index in [1.807, 2.05) is 0 Å². The first-order valence-corrected chi connectivity index (χ1v) is 8.14. The Balaban J connectivity index is 2.65. The predicted octanol–water partition coefficient (Wildman–Crippen LogP) is 1.38. The second-order valence-corrected chi connectivity index (χ2v) is 5.58. The molecule has 4 nitrogen and oxygen atoms in total. The maximum absolute atomic E-state index is 8.89. The fraction of sp³-hybridized carbons (Fsp3) is 0.706. The highest BCUT2D eigenvalue weighted by atomic mass is 16.3. The normalized spacial score (nSPS) is 11.0. The van der Waals surface area contributed by atoms with Crippen LogP contribution in [0.25, 0.3) is 0 Å². The molecule has 0 atom stereocenters. The first-order chi connectivity index (χ1) is 10.3. The average Bonchev–Trinajstić information content (AvgIpc) is 2.48. The number of nitrogens with zero attached hydrogens (tertiary/aromatic N) is 1. The number of pyridine rings is 1. The molecule has 0 fully saturated rings. The lowest BCUT2D eigenvalue weighted by Gasteiger charge is -2.06. The van der Waals surface area contributed by atoms with Gasteiger partial charge in [-0.15, -0.1) is 0 Å². The molecule has 0 radical (unpaired) electrons. The van der Waals surface area contributed by atoms with Crippen molar-refractivity contribution in [3.8, 4) is 0 Å². The molecule has 0 saturated carbocycles. The van der Waals surface area contributed by atoms with Crippen LogP contribution in [0, 0.1) is 0 Å². The summed E-state index contributed by atoms with van der Waals surface area (Å²) in [7, 11) is 0. The van der Waals surface area contributed by atoms with Crippen molar-refractivity contribution in [1.29, 1.82) is 0 Å². The van der Waals surface area contributed by atoms with Gasteiger partial charge in [0.25, 0.3) is 0 Å². The minimum Gasteiger partial charge on any atom is -0.396 e. The van der Waals surface area contributed by atoms with Gasteiger partial charge in [-0.25, -0.2) is 4.57 Å². The van der Waals surface area contributed by atoms with Crippen LogP contribution in [-0.4, -0.2) is 35.1 Å². The van der Waals surface area contributed by atoms with Crippen LogP contribution in [0.3, 0.4) is 0 Å². The molecule has 0 unspecified atom stereocenters. The van der Waals surface area contributed by atoms with E-state index < -0.39 is 0 Å². The Morgan fingerprint density at radius 1 is 0.667 bits per heavy atom. The summed E-state index contributed by atoms with van der Waals surface area (Å²) in [6.45, 7) is 1.70. The first kappa shape index (κ1) is 18.1. The Hall–Kier alpha value is -0.970. The Kier molecular flexibility index (Phi) is 10.0. The molecule has 120 valence electrons. The lowest BCUT2D eigenvalue weighted by molar-refractivity contribution is -0.698. The molecule has 0 aliphatic heterocycles. The molecular formula is C17H30NO3+. The summed E-state index contributed by atoms with van der Waals surface area (Å²) in [5.41, 5.74) is 2.63. The molecule has 0 aromatic carbocycles. The Morgan fingerprint density at radius 2 is 1.14 bits per heavy atom. The van der Waals surface area contributed by atoms with E-state index in [4.69, 9.17) is 15.3 Å². The van der Waals surface area contributed by atoms with Crippen LogP contribution in [0.1, 0.15) is 49.7 Å². The van der Waals surface area contributed by atoms with Gasteiger partial charge in [-0.2, -0.15) is 0 Å². The van der Waals surface area contributed by atoms with Crippen LogP contribution in [0.15, 0.2) is 18.5 Å². The smallest absolute Gasteiger partial charge is 0.171 e. The summed E-state index contributed by atoms with van der Waals surface area (Å²) < 4.78 is 2.22. The van der Waals surface area contributed by atoms with Crippen molar-refractivity contribution in [1.82, 2.24) is 0 Å². The number of hydrogen-bond acceptors (Lipinski definition) is 3. The van der Waals surface area contributed by atoms with Gasteiger partial charge in [0.1, 0.15) is 6.54 Å². The number of unbranched alkanes of at least 4 members (excludes halogenated alkanes) is 3. The topological polar surface area (TPSA) is 64.6 Å². The van der Waals surface area contributed by atoms with E-state index in [2.05, 4.69) is 23.0 Å². The molecule has 1 rings (SSSR count). The van der Waals surface area contributed by atoms with Crippen LogP contribution in [0.4, 0.5) is 0 Å². The van der Waals surface area contributed by atoms with Gasteiger partial charge < -0.3 is 15.3 Å². The van der Waals surface area contributed by atoms with Crippen LogP contribution >= 0.6 is 0 Å². The van der Waals surface area contributed by atoms with Gasteiger partial charge in [0.15, 0.2) is 12.4 Å². The molecule has 1 aromatic rings. The van der Waals surface area contributed by atoms with Gasteiger partial charge >= 0.3 is 0 Å². The molecular weight excluding hydrogens is 266 g/mol. The second-order valence-electron chi connectivity index (χ2n) is 5.58. The van der Waals surface area contributed by atoms with Gasteiger partial charge in [0, 0.05) is 37.4 Å². The van der Waals surface area contributed by atoms with Crippen molar-refractivity contribution < 1.29 is 19.9 Å². The molecule has 0 aliphatic carbocycles. The second kappa shape index (κ2) is 11.7. The van der Waals surface area contributed by atoms with Gasteiger partial charge in [-0.1, -0.05) is 0 Å². The lowest BCUT2D eigenvalue weighted by Crippen LogP contribution is -2.34. The standard InChI is InChI=1S/C17H30NO3/c19-10-4-1-7-16-13-17(8-2-5-11-20)15-18(14-16)9-3-6-12-21/h13-15,19-21H,1-12H2/q+1. The van der Waals surface area contributed by atoms with Gasteiger partial charge in [0.05, 0.1) is 0 Å². The fourth-order valence-corrected chi connectivity index (χ4v) is 2.47. The third-order valence-electron chi connectivity index (χ3n) is 3.61. The third kappa shape index (κ3) is 8.15. The summed E-state index contributed by atoms with van der Waals surface area (Å²) in [4.78, 5) is 0. The largest absolute Gasteiger partial charge is 0.396 e. The van der Waals surface area contributed by atoms with E-state index in [9.17, 15) is 0 Å². The van der Waals surface area contributed by atoms with Crippen molar-refractivity contribution in [2.75, 3.05) is 19.8 Å².